The lowest BCUT2D eigenvalue weighted by Gasteiger charge is -2.29. The Labute approximate surface area is 132 Å². The number of piperidine rings is 1. The number of amides is 2. The van der Waals surface area contributed by atoms with E-state index in [0.717, 1.165) is 0 Å². The van der Waals surface area contributed by atoms with Gasteiger partial charge in [0, 0.05) is 17.7 Å². The van der Waals surface area contributed by atoms with Gasteiger partial charge in [-0.25, -0.2) is 8.42 Å². The Kier molecular flexibility index (Phi) is 3.67. The predicted octanol–water partition coefficient (Wildman–Crippen LogP) is -0.963. The summed E-state index contributed by atoms with van der Waals surface area (Å²) in [6.45, 7) is 0. The van der Waals surface area contributed by atoms with Gasteiger partial charge in [-0.05, 0) is 12.5 Å². The monoisotopic (exact) mass is 337 g/mol. The van der Waals surface area contributed by atoms with E-state index in [0.29, 0.717) is 23.4 Å². The SMILES string of the molecule is Nc1cccc2c1C(=O)N(C1CCC(=S=O)NC1=O)C2=S=O. The number of nitrogens with two attached hydrogens (primary N) is 1. The van der Waals surface area contributed by atoms with E-state index in [4.69, 9.17) is 5.73 Å². The molecule has 2 heterocycles. The molecule has 1 unspecified atom stereocenters. The van der Waals surface area contributed by atoms with Gasteiger partial charge in [0.25, 0.3) is 5.91 Å². The van der Waals surface area contributed by atoms with Crippen molar-refractivity contribution >= 4 is 50.0 Å². The summed E-state index contributed by atoms with van der Waals surface area (Å²) >= 11 is 0.389. The molecule has 0 aliphatic carbocycles. The van der Waals surface area contributed by atoms with Crippen LogP contribution >= 0.6 is 0 Å². The number of hydrogen-bond donors (Lipinski definition) is 2. The summed E-state index contributed by atoms with van der Waals surface area (Å²) in [6.07, 6.45) is 0.650. The molecule has 22 heavy (non-hydrogen) atoms. The molecule has 1 aromatic rings. The van der Waals surface area contributed by atoms with Crippen LogP contribution in [0.1, 0.15) is 28.8 Å². The van der Waals surface area contributed by atoms with E-state index in [1.807, 2.05) is 0 Å². The fourth-order valence-corrected chi connectivity index (χ4v) is 3.58. The van der Waals surface area contributed by atoms with Gasteiger partial charge < -0.3 is 11.1 Å². The molecule has 114 valence electrons. The molecular formula is C13H11N3O4S2. The third-order valence-corrected chi connectivity index (χ3v) is 4.76. The first-order valence-corrected chi connectivity index (χ1v) is 7.92. The van der Waals surface area contributed by atoms with E-state index in [-0.39, 0.29) is 38.8 Å². The van der Waals surface area contributed by atoms with Crippen LogP contribution in [0.2, 0.25) is 0 Å². The van der Waals surface area contributed by atoms with Crippen molar-refractivity contribution in [3.8, 4) is 0 Å². The smallest absolute Gasteiger partial charge is 0.262 e. The van der Waals surface area contributed by atoms with Crippen molar-refractivity contribution in [3.63, 3.8) is 0 Å². The summed E-state index contributed by atoms with van der Waals surface area (Å²) in [5.74, 6) is -0.916. The van der Waals surface area contributed by atoms with E-state index in [2.05, 4.69) is 5.32 Å². The molecule has 9 heteroatoms. The van der Waals surface area contributed by atoms with Crippen molar-refractivity contribution in [2.75, 3.05) is 5.73 Å². The van der Waals surface area contributed by atoms with Crippen LogP contribution in [0.4, 0.5) is 5.69 Å². The summed E-state index contributed by atoms with van der Waals surface area (Å²) in [5, 5.41) is 2.48. The molecule has 2 amide bonds. The van der Waals surface area contributed by atoms with Gasteiger partial charge in [-0.3, -0.25) is 14.5 Å². The third-order valence-electron chi connectivity index (χ3n) is 3.68. The van der Waals surface area contributed by atoms with Gasteiger partial charge in [-0.2, -0.15) is 0 Å². The molecule has 2 aliphatic heterocycles. The van der Waals surface area contributed by atoms with Gasteiger partial charge in [0.2, 0.25) is 5.91 Å². The molecule has 0 aromatic heterocycles. The molecule has 1 saturated heterocycles. The fraction of sp³-hybridized carbons (Fsp3) is 0.231. The predicted molar refractivity (Wildman–Crippen MR) is 83.6 cm³/mol. The van der Waals surface area contributed by atoms with E-state index in [1.54, 1.807) is 18.2 Å². The second-order valence-corrected chi connectivity index (χ2v) is 6.10. The number of nitrogen functional groups attached to an aromatic ring is 1. The van der Waals surface area contributed by atoms with Crippen LogP contribution in [0.5, 0.6) is 0 Å². The van der Waals surface area contributed by atoms with Crippen LogP contribution in [0, 0.1) is 0 Å². The van der Waals surface area contributed by atoms with E-state index >= 15 is 0 Å². The molecule has 3 N–H and O–H groups in total. The maximum absolute atomic E-state index is 12.6. The van der Waals surface area contributed by atoms with Crippen LogP contribution in [0.25, 0.3) is 0 Å². The number of anilines is 1. The Bertz CT molecular complexity index is 810. The Hall–Kier alpha value is -2.26. The van der Waals surface area contributed by atoms with Crippen molar-refractivity contribution < 1.29 is 18.0 Å². The highest BCUT2D eigenvalue weighted by atomic mass is 32.1. The van der Waals surface area contributed by atoms with Crippen molar-refractivity contribution in [2.45, 2.75) is 18.9 Å². The molecule has 1 aromatic carbocycles. The van der Waals surface area contributed by atoms with Crippen LogP contribution < -0.4 is 11.1 Å². The maximum Gasteiger partial charge on any atom is 0.262 e. The highest BCUT2D eigenvalue weighted by molar-refractivity contribution is 7.67. The normalized spacial score (nSPS) is 20.7. The van der Waals surface area contributed by atoms with Gasteiger partial charge in [0.15, 0.2) is 0 Å². The zero-order valence-electron chi connectivity index (χ0n) is 11.2. The minimum atomic E-state index is -0.813. The zero-order valence-corrected chi connectivity index (χ0v) is 12.8. The molecule has 0 bridgehead atoms. The Morgan fingerprint density at radius 1 is 1.23 bits per heavy atom. The zero-order chi connectivity index (χ0) is 15.9. The summed E-state index contributed by atoms with van der Waals surface area (Å²) in [6, 6.07) is 4.05. The summed E-state index contributed by atoms with van der Waals surface area (Å²) < 4.78 is 22.3. The van der Waals surface area contributed by atoms with Crippen molar-refractivity contribution in [1.82, 2.24) is 10.2 Å². The van der Waals surface area contributed by atoms with Crippen LogP contribution in [0.15, 0.2) is 18.2 Å². The third kappa shape index (κ3) is 2.09. The Morgan fingerprint density at radius 2 is 2.00 bits per heavy atom. The molecule has 1 atom stereocenters. The maximum atomic E-state index is 12.6. The molecule has 1 fully saturated rings. The molecule has 0 saturated carbocycles. The lowest BCUT2D eigenvalue weighted by Crippen LogP contribution is -2.54. The largest absolute Gasteiger partial charge is 0.398 e. The Morgan fingerprint density at radius 3 is 2.64 bits per heavy atom. The molecule has 7 nitrogen and oxygen atoms in total. The number of carbonyl (C=O) groups excluding carboxylic acids is 2. The highest BCUT2D eigenvalue weighted by Gasteiger charge is 2.43. The molecule has 3 rings (SSSR count). The van der Waals surface area contributed by atoms with Gasteiger partial charge in [-0.1, -0.05) is 12.1 Å². The first-order valence-electron chi connectivity index (χ1n) is 6.44. The summed E-state index contributed by atoms with van der Waals surface area (Å²) in [4.78, 5) is 26.4. The average molecular weight is 337 g/mol. The standard InChI is InChI=1S/C13H11N3O4S2/c14-7-3-1-2-6-10(7)12(18)16(13(6)22-20)8-4-5-9(21-19)15-11(8)17/h1-3,8H,4-5,14H2,(H,15,17). The number of fused-ring (bicyclic) bond motifs is 1. The average Bonchev–Trinajstić information content (AvgIpc) is 2.80. The van der Waals surface area contributed by atoms with Crippen molar-refractivity contribution in [2.24, 2.45) is 0 Å². The van der Waals surface area contributed by atoms with E-state index in [9.17, 15) is 18.0 Å². The van der Waals surface area contributed by atoms with Crippen LogP contribution in [-0.2, 0) is 27.3 Å². The first-order chi connectivity index (χ1) is 10.6. The number of hydrogen-bond acceptors (Lipinski definition) is 5. The minimum Gasteiger partial charge on any atom is -0.398 e. The molecule has 0 radical (unpaired) electrons. The highest BCUT2D eigenvalue weighted by Crippen LogP contribution is 2.30. The van der Waals surface area contributed by atoms with Gasteiger partial charge >= 0.3 is 0 Å². The number of carbonyl (C=O) groups is 2. The van der Waals surface area contributed by atoms with E-state index < -0.39 is 17.9 Å². The van der Waals surface area contributed by atoms with Crippen LogP contribution in [0.3, 0.4) is 0 Å². The molecule has 0 spiro atoms. The lowest BCUT2D eigenvalue weighted by molar-refractivity contribution is -0.123. The Balaban J connectivity index is 2.05. The topological polar surface area (TPSA) is 110 Å². The number of rotatable bonds is 1. The van der Waals surface area contributed by atoms with Gasteiger partial charge in [0.05, 0.1) is 5.56 Å². The molecule has 2 aliphatic rings. The number of nitrogens with zero attached hydrogens (tertiary/aromatic N) is 1. The molecular weight excluding hydrogens is 326 g/mol. The quantitative estimate of drug-likeness (QED) is 0.506. The second kappa shape index (κ2) is 5.50. The summed E-state index contributed by atoms with van der Waals surface area (Å²) in [7, 11) is 0. The first kappa shape index (κ1) is 14.7. The van der Waals surface area contributed by atoms with E-state index in [1.165, 1.54) is 4.90 Å². The number of nitrogens with one attached hydrogen (secondary N) is 1. The number of benzene rings is 1. The summed E-state index contributed by atoms with van der Waals surface area (Å²) in [5.41, 5.74) is 6.80. The lowest BCUT2D eigenvalue weighted by atomic mass is 10.1. The van der Waals surface area contributed by atoms with Crippen molar-refractivity contribution in [3.05, 3.63) is 29.3 Å². The van der Waals surface area contributed by atoms with Gasteiger partial charge in [-0.15, -0.1) is 0 Å². The van der Waals surface area contributed by atoms with Gasteiger partial charge in [0.1, 0.15) is 38.5 Å². The fourth-order valence-electron chi connectivity index (χ4n) is 2.69. The van der Waals surface area contributed by atoms with Crippen molar-refractivity contribution in [1.29, 1.82) is 0 Å². The minimum absolute atomic E-state index is 0.160. The second-order valence-electron chi connectivity index (χ2n) is 4.88. The van der Waals surface area contributed by atoms with Crippen LogP contribution in [-0.4, -0.2) is 41.2 Å².